The van der Waals surface area contributed by atoms with Gasteiger partial charge in [0.2, 0.25) is 5.91 Å². The van der Waals surface area contributed by atoms with Gasteiger partial charge in [-0.1, -0.05) is 17.8 Å². The summed E-state index contributed by atoms with van der Waals surface area (Å²) in [7, 11) is 1.41. The summed E-state index contributed by atoms with van der Waals surface area (Å²) >= 11 is 1.37. The molecule has 0 spiro atoms. The molecule has 3 aromatic rings. The van der Waals surface area contributed by atoms with Crippen LogP contribution in [0.15, 0.2) is 47.9 Å². The summed E-state index contributed by atoms with van der Waals surface area (Å²) in [6, 6.07) is 10.0. The van der Waals surface area contributed by atoms with Gasteiger partial charge in [-0.2, -0.15) is 0 Å². The van der Waals surface area contributed by atoms with E-state index < -0.39 is 0 Å². The molecule has 1 aromatic carbocycles. The average Bonchev–Trinajstić information content (AvgIpc) is 3.28. The van der Waals surface area contributed by atoms with Crippen LogP contribution in [0, 0.1) is 19.8 Å². The van der Waals surface area contributed by atoms with E-state index in [1.807, 2.05) is 27.7 Å². The number of ether oxygens (including phenoxy) is 1. The van der Waals surface area contributed by atoms with Crippen LogP contribution in [-0.2, 0) is 14.3 Å². The van der Waals surface area contributed by atoms with Gasteiger partial charge in [-0.05, 0) is 62.1 Å². The number of pyridine rings is 1. The first-order valence-corrected chi connectivity index (χ1v) is 11.9. The van der Waals surface area contributed by atoms with Crippen molar-refractivity contribution in [3.8, 4) is 17.1 Å². The maximum atomic E-state index is 12.9. The molecule has 0 aliphatic carbocycles. The first-order valence-electron chi connectivity index (χ1n) is 10.9. The minimum absolute atomic E-state index is 0.0309. The third-order valence-electron chi connectivity index (χ3n) is 6.03. The molecule has 1 saturated heterocycles. The highest BCUT2D eigenvalue weighted by Crippen LogP contribution is 2.29. The van der Waals surface area contributed by atoms with Gasteiger partial charge in [0.05, 0.1) is 24.5 Å². The lowest BCUT2D eigenvalue weighted by molar-refractivity contribution is -0.148. The first kappa shape index (κ1) is 23.0. The molecule has 1 aliphatic heterocycles. The van der Waals surface area contributed by atoms with E-state index in [2.05, 4.69) is 41.2 Å². The van der Waals surface area contributed by atoms with Gasteiger partial charge in [0.15, 0.2) is 11.0 Å². The molecule has 3 heterocycles. The van der Waals surface area contributed by atoms with E-state index in [-0.39, 0.29) is 23.5 Å². The number of aryl methyl sites for hydroxylation is 2. The van der Waals surface area contributed by atoms with Crippen LogP contribution in [0.2, 0.25) is 0 Å². The zero-order valence-corrected chi connectivity index (χ0v) is 19.8. The number of benzene rings is 1. The van der Waals surface area contributed by atoms with Gasteiger partial charge in [0.25, 0.3) is 0 Å². The molecule has 0 radical (unpaired) electrons. The number of thioether (sulfide) groups is 1. The predicted molar refractivity (Wildman–Crippen MR) is 126 cm³/mol. The maximum absolute atomic E-state index is 12.9. The highest BCUT2D eigenvalue weighted by atomic mass is 32.2. The zero-order valence-electron chi connectivity index (χ0n) is 19.0. The number of esters is 1. The minimum atomic E-state index is -0.193. The Bertz CT molecular complexity index is 1140. The van der Waals surface area contributed by atoms with E-state index in [0.717, 1.165) is 11.3 Å². The van der Waals surface area contributed by atoms with Crippen LogP contribution in [0.25, 0.3) is 17.1 Å². The summed E-state index contributed by atoms with van der Waals surface area (Å²) in [4.78, 5) is 30.5. The monoisotopic (exact) mass is 465 g/mol. The SMILES string of the molecule is COC(=O)C1CCN(C(=O)CSc2nnc(-c3ccncc3)n2-c2ccc(C)c(C)c2)CC1. The van der Waals surface area contributed by atoms with Gasteiger partial charge in [-0.15, -0.1) is 10.2 Å². The van der Waals surface area contributed by atoms with Crippen LogP contribution in [0.1, 0.15) is 24.0 Å². The first-order chi connectivity index (χ1) is 16.0. The summed E-state index contributed by atoms with van der Waals surface area (Å²) < 4.78 is 6.82. The van der Waals surface area contributed by atoms with Crippen molar-refractivity contribution in [1.82, 2.24) is 24.6 Å². The molecule has 4 rings (SSSR count). The average molecular weight is 466 g/mol. The standard InChI is InChI=1S/C24H27N5O3S/c1-16-4-5-20(14-17(16)2)29-22(18-6-10-25-11-7-18)26-27-24(29)33-15-21(30)28-12-8-19(9-13-28)23(31)32-3/h4-7,10-11,14,19H,8-9,12-13,15H2,1-3H3. The van der Waals surface area contributed by atoms with Crippen molar-refractivity contribution in [2.75, 3.05) is 26.0 Å². The molecule has 8 nitrogen and oxygen atoms in total. The second-order valence-corrected chi connectivity index (χ2v) is 9.06. The van der Waals surface area contributed by atoms with Crippen LogP contribution in [-0.4, -0.2) is 62.5 Å². The smallest absolute Gasteiger partial charge is 0.308 e. The molecule has 172 valence electrons. The molecule has 0 bridgehead atoms. The zero-order chi connectivity index (χ0) is 23.4. The Morgan fingerprint density at radius 1 is 1.06 bits per heavy atom. The molecule has 1 amide bonds. The number of hydrogen-bond acceptors (Lipinski definition) is 7. The Kier molecular flexibility index (Phi) is 7.08. The molecule has 2 aromatic heterocycles. The van der Waals surface area contributed by atoms with Crippen LogP contribution >= 0.6 is 11.8 Å². The van der Waals surface area contributed by atoms with E-state index in [1.165, 1.54) is 30.0 Å². The van der Waals surface area contributed by atoms with Crippen LogP contribution < -0.4 is 0 Å². The second kappa shape index (κ2) is 10.2. The number of likely N-dealkylation sites (tertiary alicyclic amines) is 1. The van der Waals surface area contributed by atoms with Crippen molar-refractivity contribution < 1.29 is 14.3 Å². The minimum Gasteiger partial charge on any atom is -0.469 e. The molecule has 33 heavy (non-hydrogen) atoms. The predicted octanol–water partition coefficient (Wildman–Crippen LogP) is 3.45. The van der Waals surface area contributed by atoms with E-state index in [4.69, 9.17) is 4.74 Å². The lowest BCUT2D eigenvalue weighted by Crippen LogP contribution is -2.41. The molecular formula is C24H27N5O3S. The number of methoxy groups -OCH3 is 1. The summed E-state index contributed by atoms with van der Waals surface area (Å²) in [6.45, 7) is 5.27. The number of amides is 1. The third kappa shape index (κ3) is 5.08. The largest absolute Gasteiger partial charge is 0.469 e. The second-order valence-electron chi connectivity index (χ2n) is 8.11. The molecule has 0 saturated carbocycles. The van der Waals surface area contributed by atoms with E-state index in [1.54, 1.807) is 12.4 Å². The van der Waals surface area contributed by atoms with Crippen molar-refractivity contribution in [2.24, 2.45) is 5.92 Å². The lowest BCUT2D eigenvalue weighted by Gasteiger charge is -2.30. The van der Waals surface area contributed by atoms with Gasteiger partial charge >= 0.3 is 5.97 Å². The highest BCUT2D eigenvalue weighted by Gasteiger charge is 2.28. The van der Waals surface area contributed by atoms with E-state index in [0.29, 0.717) is 36.9 Å². The third-order valence-corrected chi connectivity index (χ3v) is 6.94. The van der Waals surface area contributed by atoms with Gasteiger partial charge < -0.3 is 9.64 Å². The van der Waals surface area contributed by atoms with Crippen molar-refractivity contribution in [2.45, 2.75) is 31.8 Å². The Morgan fingerprint density at radius 3 is 2.45 bits per heavy atom. The van der Waals surface area contributed by atoms with Gasteiger partial charge in [-0.3, -0.25) is 19.1 Å². The molecule has 1 aliphatic rings. The number of carbonyl (C=O) groups excluding carboxylic acids is 2. The van der Waals surface area contributed by atoms with Crippen molar-refractivity contribution >= 4 is 23.6 Å². The van der Waals surface area contributed by atoms with Crippen molar-refractivity contribution in [3.63, 3.8) is 0 Å². The maximum Gasteiger partial charge on any atom is 0.308 e. The summed E-state index contributed by atoms with van der Waals surface area (Å²) in [5.41, 5.74) is 4.22. The molecule has 9 heteroatoms. The number of hydrogen-bond donors (Lipinski definition) is 0. The van der Waals surface area contributed by atoms with Gasteiger partial charge in [-0.25, -0.2) is 0 Å². The van der Waals surface area contributed by atoms with Crippen molar-refractivity contribution in [1.29, 1.82) is 0 Å². The highest BCUT2D eigenvalue weighted by molar-refractivity contribution is 7.99. The van der Waals surface area contributed by atoms with E-state index in [9.17, 15) is 9.59 Å². The van der Waals surface area contributed by atoms with E-state index >= 15 is 0 Å². The number of aromatic nitrogens is 4. The normalized spacial score (nSPS) is 14.3. The van der Waals surface area contributed by atoms with Crippen LogP contribution in [0.4, 0.5) is 0 Å². The molecule has 0 atom stereocenters. The fourth-order valence-electron chi connectivity index (χ4n) is 3.90. The molecule has 1 fully saturated rings. The van der Waals surface area contributed by atoms with Gasteiger partial charge in [0.1, 0.15) is 0 Å². The lowest BCUT2D eigenvalue weighted by atomic mass is 9.97. The number of rotatable bonds is 6. The van der Waals surface area contributed by atoms with Crippen LogP contribution in [0.5, 0.6) is 0 Å². The quantitative estimate of drug-likeness (QED) is 0.407. The van der Waals surface area contributed by atoms with Crippen LogP contribution in [0.3, 0.4) is 0 Å². The fourth-order valence-corrected chi connectivity index (χ4v) is 4.75. The Hall–Kier alpha value is -3.20. The number of nitrogens with zero attached hydrogens (tertiary/aromatic N) is 5. The Balaban J connectivity index is 1.53. The Morgan fingerprint density at radius 2 is 1.79 bits per heavy atom. The molecule has 0 unspecified atom stereocenters. The summed E-state index contributed by atoms with van der Waals surface area (Å²) in [6.07, 6.45) is 4.72. The topological polar surface area (TPSA) is 90.2 Å². The Labute approximate surface area is 197 Å². The van der Waals surface area contributed by atoms with Gasteiger partial charge in [0, 0.05) is 31.0 Å². The summed E-state index contributed by atoms with van der Waals surface area (Å²) in [5, 5.41) is 9.50. The van der Waals surface area contributed by atoms with Crippen molar-refractivity contribution in [3.05, 3.63) is 53.9 Å². The molecule has 0 N–H and O–H groups in total. The fraction of sp³-hybridized carbons (Fsp3) is 0.375. The number of piperidine rings is 1. The number of carbonyl (C=O) groups is 2. The summed E-state index contributed by atoms with van der Waals surface area (Å²) in [5.74, 6) is 0.671. The molecular weight excluding hydrogens is 438 g/mol.